The summed E-state index contributed by atoms with van der Waals surface area (Å²) in [6.07, 6.45) is 1.27. The number of hydrogen-bond acceptors (Lipinski definition) is 4. The van der Waals surface area contributed by atoms with Crippen molar-refractivity contribution in [3.05, 3.63) is 21.9 Å². The number of nitrogens with zero attached hydrogens (tertiary/aromatic N) is 2. The molecule has 114 valence electrons. The molecule has 0 aliphatic carbocycles. The lowest BCUT2D eigenvalue weighted by Gasteiger charge is -2.32. The highest BCUT2D eigenvalue weighted by Crippen LogP contribution is 2.33. The van der Waals surface area contributed by atoms with Crippen LogP contribution in [-0.2, 0) is 0 Å². The second kappa shape index (κ2) is 7.03. The number of thiophene rings is 1. The first kappa shape index (κ1) is 16.0. The van der Waals surface area contributed by atoms with Gasteiger partial charge in [-0.25, -0.2) is 0 Å². The number of likely N-dealkylation sites (tertiary alicyclic amines) is 1. The Morgan fingerprint density at radius 1 is 1.40 bits per heavy atom. The molecule has 0 amide bonds. The van der Waals surface area contributed by atoms with Crippen molar-refractivity contribution in [2.75, 3.05) is 26.2 Å². The van der Waals surface area contributed by atoms with E-state index in [1.807, 2.05) is 11.3 Å². The van der Waals surface area contributed by atoms with Crippen LogP contribution in [0, 0.1) is 6.92 Å². The minimum absolute atomic E-state index is 0.184. The highest BCUT2D eigenvalue weighted by molar-refractivity contribution is 7.12. The normalized spacial score (nSPS) is 23.4. The van der Waals surface area contributed by atoms with Crippen LogP contribution in [0.1, 0.15) is 43.0 Å². The van der Waals surface area contributed by atoms with Crippen LogP contribution in [0.15, 0.2) is 12.1 Å². The second-order valence-electron chi connectivity index (χ2n) is 5.91. The zero-order valence-corrected chi connectivity index (χ0v) is 14.1. The molecule has 3 unspecified atom stereocenters. The maximum atomic E-state index is 6.30. The molecular formula is C16H29N3S. The molecule has 1 saturated heterocycles. The Morgan fingerprint density at radius 3 is 2.60 bits per heavy atom. The Morgan fingerprint density at radius 2 is 2.10 bits per heavy atom. The minimum Gasteiger partial charge on any atom is -0.326 e. The zero-order valence-electron chi connectivity index (χ0n) is 13.3. The van der Waals surface area contributed by atoms with Gasteiger partial charge in [0, 0.05) is 34.9 Å². The van der Waals surface area contributed by atoms with Crippen LogP contribution in [0.4, 0.5) is 0 Å². The lowest BCUT2D eigenvalue weighted by atomic mass is 10.1. The largest absolute Gasteiger partial charge is 0.326 e. The van der Waals surface area contributed by atoms with Gasteiger partial charge in [0.1, 0.15) is 0 Å². The predicted octanol–water partition coefficient (Wildman–Crippen LogP) is 2.86. The van der Waals surface area contributed by atoms with Crippen LogP contribution in [0.25, 0.3) is 0 Å². The molecular weight excluding hydrogens is 266 g/mol. The second-order valence-corrected chi connectivity index (χ2v) is 7.23. The fraction of sp³-hybridized carbons (Fsp3) is 0.750. The van der Waals surface area contributed by atoms with Gasteiger partial charge < -0.3 is 5.73 Å². The molecule has 2 rings (SSSR count). The quantitative estimate of drug-likeness (QED) is 0.876. The summed E-state index contributed by atoms with van der Waals surface area (Å²) in [4.78, 5) is 7.99. The number of likely N-dealkylation sites (N-methyl/N-ethyl adjacent to an activating group) is 1. The minimum atomic E-state index is 0.184. The van der Waals surface area contributed by atoms with E-state index in [0.717, 1.165) is 19.6 Å². The summed E-state index contributed by atoms with van der Waals surface area (Å²) in [7, 11) is 0. The van der Waals surface area contributed by atoms with Gasteiger partial charge in [-0.3, -0.25) is 9.80 Å². The van der Waals surface area contributed by atoms with E-state index in [4.69, 9.17) is 5.73 Å². The molecule has 0 spiro atoms. The summed E-state index contributed by atoms with van der Waals surface area (Å²) >= 11 is 1.90. The van der Waals surface area contributed by atoms with Crippen molar-refractivity contribution in [3.8, 4) is 0 Å². The van der Waals surface area contributed by atoms with E-state index in [2.05, 4.69) is 49.6 Å². The molecule has 3 nitrogen and oxygen atoms in total. The maximum absolute atomic E-state index is 6.30. The number of rotatable bonds is 6. The van der Waals surface area contributed by atoms with E-state index in [0.29, 0.717) is 12.1 Å². The van der Waals surface area contributed by atoms with Crippen molar-refractivity contribution < 1.29 is 0 Å². The molecule has 1 aromatic rings. The highest BCUT2D eigenvalue weighted by atomic mass is 32.1. The molecule has 0 aromatic carbocycles. The van der Waals surface area contributed by atoms with Crippen LogP contribution in [0.5, 0.6) is 0 Å². The SMILES string of the molecule is CCN(CC)C1CCN(C(c2ccc(C)s2)C(C)N)C1. The van der Waals surface area contributed by atoms with E-state index in [9.17, 15) is 0 Å². The van der Waals surface area contributed by atoms with Crippen molar-refractivity contribution in [1.82, 2.24) is 9.80 Å². The van der Waals surface area contributed by atoms with Crippen LogP contribution in [0.3, 0.4) is 0 Å². The molecule has 20 heavy (non-hydrogen) atoms. The monoisotopic (exact) mass is 295 g/mol. The topological polar surface area (TPSA) is 32.5 Å². The van der Waals surface area contributed by atoms with Gasteiger partial charge in [0.2, 0.25) is 0 Å². The Balaban J connectivity index is 2.09. The van der Waals surface area contributed by atoms with Crippen LogP contribution < -0.4 is 5.73 Å². The first-order valence-corrected chi connectivity index (χ1v) is 8.68. The maximum Gasteiger partial charge on any atom is 0.0591 e. The molecule has 1 fully saturated rings. The smallest absolute Gasteiger partial charge is 0.0591 e. The molecule has 1 aliphatic rings. The lowest BCUT2D eigenvalue weighted by molar-refractivity contribution is 0.178. The molecule has 2 heterocycles. The molecule has 1 aromatic heterocycles. The van der Waals surface area contributed by atoms with Crippen LogP contribution >= 0.6 is 11.3 Å². The van der Waals surface area contributed by atoms with Gasteiger partial charge in [0.25, 0.3) is 0 Å². The summed E-state index contributed by atoms with van der Waals surface area (Å²) < 4.78 is 0. The van der Waals surface area contributed by atoms with Gasteiger partial charge in [0.15, 0.2) is 0 Å². The van der Waals surface area contributed by atoms with Crippen molar-refractivity contribution in [1.29, 1.82) is 0 Å². The van der Waals surface area contributed by atoms with E-state index in [-0.39, 0.29) is 6.04 Å². The van der Waals surface area contributed by atoms with Crippen molar-refractivity contribution in [3.63, 3.8) is 0 Å². The fourth-order valence-corrected chi connectivity index (χ4v) is 4.57. The van der Waals surface area contributed by atoms with E-state index in [1.165, 1.54) is 22.7 Å². The van der Waals surface area contributed by atoms with E-state index >= 15 is 0 Å². The molecule has 3 atom stereocenters. The van der Waals surface area contributed by atoms with Gasteiger partial charge in [-0.15, -0.1) is 11.3 Å². The van der Waals surface area contributed by atoms with E-state index in [1.54, 1.807) is 0 Å². The Bertz CT molecular complexity index is 412. The molecule has 2 N–H and O–H groups in total. The third-order valence-corrected chi connectivity index (χ3v) is 5.54. The van der Waals surface area contributed by atoms with Gasteiger partial charge in [-0.2, -0.15) is 0 Å². The number of aryl methyl sites for hydroxylation is 1. The molecule has 4 heteroatoms. The molecule has 0 bridgehead atoms. The fourth-order valence-electron chi connectivity index (χ4n) is 3.44. The zero-order chi connectivity index (χ0) is 14.7. The average Bonchev–Trinajstić information content (AvgIpc) is 3.02. The molecule has 0 radical (unpaired) electrons. The number of hydrogen-bond donors (Lipinski definition) is 1. The first-order chi connectivity index (χ1) is 9.56. The summed E-state index contributed by atoms with van der Waals surface area (Å²) in [5, 5.41) is 0. The summed E-state index contributed by atoms with van der Waals surface area (Å²) in [6, 6.07) is 5.75. The molecule has 0 saturated carbocycles. The molecule has 1 aliphatic heterocycles. The van der Waals surface area contributed by atoms with E-state index < -0.39 is 0 Å². The Hall–Kier alpha value is -0.420. The predicted molar refractivity (Wildman–Crippen MR) is 88.3 cm³/mol. The van der Waals surface area contributed by atoms with Crippen LogP contribution in [0.2, 0.25) is 0 Å². The van der Waals surface area contributed by atoms with Crippen LogP contribution in [-0.4, -0.2) is 48.1 Å². The van der Waals surface area contributed by atoms with Gasteiger partial charge in [-0.1, -0.05) is 13.8 Å². The Labute approximate surface area is 127 Å². The van der Waals surface area contributed by atoms with Gasteiger partial charge >= 0.3 is 0 Å². The van der Waals surface area contributed by atoms with Gasteiger partial charge in [0.05, 0.1) is 6.04 Å². The van der Waals surface area contributed by atoms with Crippen molar-refractivity contribution >= 4 is 11.3 Å². The first-order valence-electron chi connectivity index (χ1n) is 7.86. The third kappa shape index (κ3) is 3.42. The highest BCUT2D eigenvalue weighted by Gasteiger charge is 2.33. The number of nitrogens with two attached hydrogens (primary N) is 1. The summed E-state index contributed by atoms with van der Waals surface area (Å²) in [5.41, 5.74) is 6.30. The third-order valence-electron chi connectivity index (χ3n) is 4.47. The summed E-state index contributed by atoms with van der Waals surface area (Å²) in [6.45, 7) is 13.5. The standard InChI is InChI=1S/C16H29N3S/c1-5-18(6-2)14-9-10-19(11-14)16(13(4)17)15-8-7-12(3)20-15/h7-8,13-14,16H,5-6,9-11,17H2,1-4H3. The lowest BCUT2D eigenvalue weighted by Crippen LogP contribution is -2.41. The average molecular weight is 295 g/mol. The Kier molecular flexibility index (Phi) is 5.61. The van der Waals surface area contributed by atoms with Gasteiger partial charge in [-0.05, 0) is 45.5 Å². The van der Waals surface area contributed by atoms with Crippen molar-refractivity contribution in [2.45, 2.75) is 52.2 Å². The summed E-state index contributed by atoms with van der Waals surface area (Å²) in [5.74, 6) is 0. The van der Waals surface area contributed by atoms with Crippen molar-refractivity contribution in [2.24, 2.45) is 5.73 Å².